The molecule has 3 aromatic rings. The molecule has 0 saturated heterocycles. The number of aryl methyl sites for hydroxylation is 1. The maximum absolute atomic E-state index is 11.1. The predicted molar refractivity (Wildman–Crippen MR) is 175 cm³/mol. The summed E-state index contributed by atoms with van der Waals surface area (Å²) in [5, 5.41) is 16.2. The van der Waals surface area contributed by atoms with E-state index < -0.39 is 5.97 Å². The molecule has 214 valence electrons. The second-order valence-corrected chi connectivity index (χ2v) is 8.49. The predicted octanol–water partition coefficient (Wildman–Crippen LogP) is 10.1. The molecule has 0 amide bonds. The summed E-state index contributed by atoms with van der Waals surface area (Å²) >= 11 is 5.29. The summed E-state index contributed by atoms with van der Waals surface area (Å²) in [5.41, 5.74) is 4.09. The fourth-order valence-corrected chi connectivity index (χ4v) is 3.70. The van der Waals surface area contributed by atoms with Crippen LogP contribution in [0.2, 0.25) is 0 Å². The number of carboxylic acids is 1. The topological polar surface area (TPSA) is 70.9 Å². The van der Waals surface area contributed by atoms with E-state index >= 15 is 0 Å². The zero-order valence-electron chi connectivity index (χ0n) is 24.9. The highest BCUT2D eigenvalue weighted by molar-refractivity contribution is 7.71. The van der Waals surface area contributed by atoms with Gasteiger partial charge in [0.05, 0.1) is 11.3 Å². The zero-order valence-corrected chi connectivity index (χ0v) is 25.7. The van der Waals surface area contributed by atoms with Crippen molar-refractivity contribution in [3.05, 3.63) is 126 Å². The van der Waals surface area contributed by atoms with Gasteiger partial charge >= 0.3 is 5.97 Å². The molecule has 3 rings (SSSR count). The Labute approximate surface area is 246 Å². The van der Waals surface area contributed by atoms with E-state index in [-0.39, 0.29) is 5.56 Å². The van der Waals surface area contributed by atoms with Gasteiger partial charge in [-0.2, -0.15) is 5.10 Å². The number of aromatic carboxylic acids is 1. The number of carboxylic acid groups (broad SMARTS) is 1. The average molecular weight is 560 g/mol. The van der Waals surface area contributed by atoms with Gasteiger partial charge in [0.15, 0.2) is 10.6 Å². The molecule has 0 fully saturated rings. The standard InChI is InChI=1S/C16H13N3O2S.C14H20.2C2H6/c1-10-4-2-5-11(8-10)14-17-18-16(22)19(14)13-7-3-6-12(9-13)15(20)21;1-5-8-9-10-12-13(4)14(7-3)11-6-2;2*1-2/h2-9H,1H3,(H,18,22)(H,20,21);5-7,10-13H,1-3,8-9H2,4H3;2*1-2H3/b;12-10+,14-11+;;. The van der Waals surface area contributed by atoms with Crippen LogP contribution in [-0.4, -0.2) is 25.8 Å². The minimum absolute atomic E-state index is 0.204. The number of allylic oxidation sites excluding steroid dienone is 7. The molecule has 0 aliphatic rings. The molecule has 0 saturated carbocycles. The number of hydrogen-bond acceptors (Lipinski definition) is 3. The van der Waals surface area contributed by atoms with Crippen molar-refractivity contribution in [3.63, 3.8) is 0 Å². The molecule has 40 heavy (non-hydrogen) atoms. The van der Waals surface area contributed by atoms with Gasteiger partial charge in [-0.05, 0) is 67.7 Å². The lowest BCUT2D eigenvalue weighted by Gasteiger charge is -2.08. The van der Waals surface area contributed by atoms with Gasteiger partial charge in [-0.15, -0.1) is 6.58 Å². The molecule has 1 atom stereocenters. The first-order chi connectivity index (χ1) is 19.3. The third kappa shape index (κ3) is 11.8. The second-order valence-electron chi connectivity index (χ2n) is 8.10. The van der Waals surface area contributed by atoms with E-state index in [0.717, 1.165) is 24.0 Å². The Hall–Kier alpha value is -4.03. The number of nitrogens with zero attached hydrogens (tertiary/aromatic N) is 2. The fraction of sp³-hybridized carbons (Fsp3) is 0.265. The minimum Gasteiger partial charge on any atom is -0.478 e. The molecule has 2 N–H and O–H groups in total. The summed E-state index contributed by atoms with van der Waals surface area (Å²) < 4.78 is 2.15. The third-order valence-corrected chi connectivity index (χ3v) is 5.61. The lowest BCUT2D eigenvalue weighted by atomic mass is 10.00. The number of rotatable bonds is 10. The van der Waals surface area contributed by atoms with E-state index in [1.165, 1.54) is 5.57 Å². The molecular formula is C34H45N3O2S. The number of aromatic amines is 1. The van der Waals surface area contributed by atoms with Gasteiger partial charge in [-0.1, -0.05) is 114 Å². The number of carbonyl (C=O) groups is 1. The molecule has 0 bridgehead atoms. The van der Waals surface area contributed by atoms with Crippen molar-refractivity contribution in [1.29, 1.82) is 0 Å². The van der Waals surface area contributed by atoms with Crippen molar-refractivity contribution in [2.75, 3.05) is 0 Å². The summed E-state index contributed by atoms with van der Waals surface area (Å²) in [6.07, 6.45) is 14.1. The van der Waals surface area contributed by atoms with Gasteiger partial charge in [-0.25, -0.2) is 4.79 Å². The maximum atomic E-state index is 11.1. The van der Waals surface area contributed by atoms with Crippen LogP contribution in [0.15, 0.2) is 110 Å². The zero-order chi connectivity index (χ0) is 30.5. The number of benzene rings is 2. The van der Waals surface area contributed by atoms with Crippen LogP contribution in [0.5, 0.6) is 0 Å². The summed E-state index contributed by atoms with van der Waals surface area (Å²) in [5.74, 6) is 0.0838. The molecule has 0 spiro atoms. The molecule has 2 aromatic carbocycles. The highest BCUT2D eigenvalue weighted by Gasteiger charge is 2.12. The van der Waals surface area contributed by atoms with Gasteiger partial charge in [0.25, 0.3) is 0 Å². The van der Waals surface area contributed by atoms with E-state index in [2.05, 4.69) is 49.0 Å². The highest BCUT2D eigenvalue weighted by atomic mass is 32.1. The van der Waals surface area contributed by atoms with Gasteiger partial charge < -0.3 is 5.11 Å². The Morgan fingerprint density at radius 3 is 2.33 bits per heavy atom. The van der Waals surface area contributed by atoms with E-state index in [0.29, 0.717) is 22.2 Å². The monoisotopic (exact) mass is 559 g/mol. The van der Waals surface area contributed by atoms with Crippen molar-refractivity contribution in [3.8, 4) is 17.1 Å². The molecule has 1 aromatic heterocycles. The molecule has 1 unspecified atom stereocenters. The van der Waals surface area contributed by atoms with E-state index in [4.69, 9.17) is 17.3 Å². The van der Waals surface area contributed by atoms with Crippen LogP contribution in [-0.2, 0) is 0 Å². The van der Waals surface area contributed by atoms with Crippen molar-refractivity contribution in [2.45, 2.75) is 54.4 Å². The Bertz CT molecular complexity index is 1330. The molecule has 0 radical (unpaired) electrons. The second kappa shape index (κ2) is 20.9. The lowest BCUT2D eigenvalue weighted by molar-refractivity contribution is 0.0697. The van der Waals surface area contributed by atoms with Crippen molar-refractivity contribution in [2.24, 2.45) is 5.92 Å². The van der Waals surface area contributed by atoms with Crippen LogP contribution in [0.4, 0.5) is 0 Å². The van der Waals surface area contributed by atoms with E-state index in [1.807, 2.05) is 77.1 Å². The largest absolute Gasteiger partial charge is 0.478 e. The van der Waals surface area contributed by atoms with E-state index in [9.17, 15) is 4.79 Å². The maximum Gasteiger partial charge on any atom is 0.335 e. The van der Waals surface area contributed by atoms with Gasteiger partial charge in [0.1, 0.15) is 0 Å². The highest BCUT2D eigenvalue weighted by Crippen LogP contribution is 2.23. The van der Waals surface area contributed by atoms with Crippen LogP contribution >= 0.6 is 12.2 Å². The van der Waals surface area contributed by atoms with Crippen LogP contribution in [0.25, 0.3) is 17.1 Å². The third-order valence-electron chi connectivity index (χ3n) is 5.33. The average Bonchev–Trinajstić information content (AvgIpc) is 3.37. The van der Waals surface area contributed by atoms with Crippen LogP contribution < -0.4 is 0 Å². The minimum atomic E-state index is -0.978. The van der Waals surface area contributed by atoms with Gasteiger partial charge in [0.2, 0.25) is 0 Å². The SMILES string of the molecule is C=C/C=C(\C=C)C(C)/C=C/CCC=C.CC.CC.Cc1cccc(-c2n[nH]c(=S)n2-c2cccc(C(=O)O)c2)c1. The number of H-pyrrole nitrogens is 1. The molecule has 6 heteroatoms. The summed E-state index contributed by atoms with van der Waals surface area (Å²) in [6.45, 7) is 23.3. The van der Waals surface area contributed by atoms with E-state index in [1.54, 1.807) is 34.9 Å². The summed E-state index contributed by atoms with van der Waals surface area (Å²) in [4.78, 5) is 11.1. The first-order valence-corrected chi connectivity index (χ1v) is 14.0. The van der Waals surface area contributed by atoms with Crippen molar-refractivity contribution in [1.82, 2.24) is 14.8 Å². The molecule has 5 nitrogen and oxygen atoms in total. The molecule has 0 aliphatic carbocycles. The molecular weight excluding hydrogens is 514 g/mol. The van der Waals surface area contributed by atoms with Crippen molar-refractivity contribution < 1.29 is 9.90 Å². The molecule has 1 heterocycles. The first kappa shape index (κ1) is 36.0. The van der Waals surface area contributed by atoms with Crippen LogP contribution in [0, 0.1) is 17.6 Å². The normalized spacial score (nSPS) is 11.0. The Kier molecular flexibility index (Phi) is 18.8. The molecule has 0 aliphatic heterocycles. The Morgan fingerprint density at radius 2 is 1.75 bits per heavy atom. The van der Waals surface area contributed by atoms with Crippen molar-refractivity contribution >= 4 is 18.2 Å². The smallest absolute Gasteiger partial charge is 0.335 e. The lowest BCUT2D eigenvalue weighted by Crippen LogP contribution is -2.01. The summed E-state index contributed by atoms with van der Waals surface area (Å²) in [7, 11) is 0. The number of aromatic nitrogens is 3. The fourth-order valence-electron chi connectivity index (χ4n) is 3.46. The number of unbranched alkanes of at least 4 members (excludes halogenated alkanes) is 1. The quantitative estimate of drug-likeness (QED) is 0.112. The van der Waals surface area contributed by atoms with Crippen LogP contribution in [0.3, 0.4) is 0 Å². The Morgan fingerprint density at radius 1 is 1.07 bits per heavy atom. The summed E-state index contributed by atoms with van der Waals surface area (Å²) in [6, 6.07) is 14.5. The number of hydrogen-bond donors (Lipinski definition) is 2. The number of nitrogens with one attached hydrogen (secondary N) is 1. The van der Waals surface area contributed by atoms with Crippen LogP contribution in [0.1, 0.15) is 63.4 Å². The van der Waals surface area contributed by atoms with Gasteiger partial charge in [0, 0.05) is 5.56 Å². The Balaban J connectivity index is 0.000000736. The first-order valence-electron chi connectivity index (χ1n) is 13.6. The van der Waals surface area contributed by atoms with Gasteiger partial charge in [-0.3, -0.25) is 9.67 Å².